The average molecular weight is 375 g/mol. The standard InChI is InChI=1S/C18H34N2O4S/c1-4-6-18(21)20-12-5-7-16(19-25(3,22)23)17(20)13-24-15-10-8-14(2)9-11-15/h14-17,19H,4-13H2,1-3H3/t14?,15?,16-,17-/m0/s1. The van der Waals surface area contributed by atoms with Gasteiger partial charge >= 0.3 is 0 Å². The van der Waals surface area contributed by atoms with Crippen molar-refractivity contribution in [1.29, 1.82) is 0 Å². The molecule has 0 aromatic carbocycles. The fraction of sp³-hybridized carbons (Fsp3) is 0.944. The second-order valence-corrected chi connectivity index (χ2v) is 9.54. The summed E-state index contributed by atoms with van der Waals surface area (Å²) in [4.78, 5) is 14.4. The Kier molecular flexibility index (Phi) is 7.70. The number of likely N-dealkylation sites (tertiary alicyclic amines) is 1. The first-order chi connectivity index (χ1) is 11.8. The number of piperidine rings is 1. The third-order valence-electron chi connectivity index (χ3n) is 5.39. The van der Waals surface area contributed by atoms with Crippen LogP contribution in [0, 0.1) is 5.92 Å². The van der Waals surface area contributed by atoms with Crippen molar-refractivity contribution in [3.05, 3.63) is 0 Å². The van der Waals surface area contributed by atoms with Crippen molar-refractivity contribution in [1.82, 2.24) is 9.62 Å². The van der Waals surface area contributed by atoms with Gasteiger partial charge in [-0.3, -0.25) is 4.79 Å². The Hall–Kier alpha value is -0.660. The Morgan fingerprint density at radius 1 is 1.20 bits per heavy atom. The van der Waals surface area contributed by atoms with Gasteiger partial charge in [-0.05, 0) is 50.9 Å². The Balaban J connectivity index is 2.03. The Labute approximate surface area is 152 Å². The van der Waals surface area contributed by atoms with E-state index >= 15 is 0 Å². The molecule has 6 nitrogen and oxygen atoms in total. The molecule has 25 heavy (non-hydrogen) atoms. The van der Waals surface area contributed by atoms with Crippen molar-refractivity contribution < 1.29 is 17.9 Å². The van der Waals surface area contributed by atoms with Crippen molar-refractivity contribution in [2.45, 2.75) is 83.4 Å². The first-order valence-electron chi connectivity index (χ1n) is 9.68. The maximum absolute atomic E-state index is 12.5. The van der Waals surface area contributed by atoms with Gasteiger partial charge in [-0.15, -0.1) is 0 Å². The highest BCUT2D eigenvalue weighted by atomic mass is 32.2. The molecule has 7 heteroatoms. The number of sulfonamides is 1. The van der Waals surface area contributed by atoms with Crippen LogP contribution in [-0.4, -0.2) is 56.8 Å². The minimum Gasteiger partial charge on any atom is -0.376 e. The van der Waals surface area contributed by atoms with Crippen LogP contribution in [0.2, 0.25) is 0 Å². The number of nitrogens with one attached hydrogen (secondary N) is 1. The van der Waals surface area contributed by atoms with Crippen LogP contribution in [-0.2, 0) is 19.6 Å². The van der Waals surface area contributed by atoms with Crippen LogP contribution in [0.1, 0.15) is 65.2 Å². The molecule has 0 radical (unpaired) electrons. The van der Waals surface area contributed by atoms with E-state index in [2.05, 4.69) is 11.6 Å². The van der Waals surface area contributed by atoms with Crippen molar-refractivity contribution in [3.8, 4) is 0 Å². The van der Waals surface area contributed by atoms with Crippen LogP contribution in [0.25, 0.3) is 0 Å². The van der Waals surface area contributed by atoms with E-state index in [1.165, 1.54) is 19.1 Å². The zero-order chi connectivity index (χ0) is 18.4. The van der Waals surface area contributed by atoms with E-state index in [9.17, 15) is 13.2 Å². The highest BCUT2D eigenvalue weighted by Crippen LogP contribution is 2.27. The summed E-state index contributed by atoms with van der Waals surface area (Å²) in [5.41, 5.74) is 0. The summed E-state index contributed by atoms with van der Waals surface area (Å²) in [6.07, 6.45) is 8.76. The van der Waals surface area contributed by atoms with Crippen LogP contribution in [0.3, 0.4) is 0 Å². The lowest BCUT2D eigenvalue weighted by Crippen LogP contribution is -2.59. The molecule has 0 aromatic rings. The van der Waals surface area contributed by atoms with E-state index in [1.54, 1.807) is 0 Å². The molecule has 1 heterocycles. The monoisotopic (exact) mass is 374 g/mol. The molecular weight excluding hydrogens is 340 g/mol. The van der Waals surface area contributed by atoms with Gasteiger partial charge in [0.25, 0.3) is 0 Å². The average Bonchev–Trinajstić information content (AvgIpc) is 2.54. The van der Waals surface area contributed by atoms with Gasteiger partial charge in [0.2, 0.25) is 15.9 Å². The molecule has 1 saturated heterocycles. The molecular formula is C18H34N2O4S. The molecule has 1 aliphatic heterocycles. The van der Waals surface area contributed by atoms with Crippen LogP contribution in [0.15, 0.2) is 0 Å². The molecule has 146 valence electrons. The van der Waals surface area contributed by atoms with E-state index < -0.39 is 10.0 Å². The third-order valence-corrected chi connectivity index (χ3v) is 6.13. The smallest absolute Gasteiger partial charge is 0.222 e. The lowest BCUT2D eigenvalue weighted by atomic mass is 9.89. The van der Waals surface area contributed by atoms with Gasteiger partial charge in [0.1, 0.15) is 0 Å². The molecule has 0 bridgehead atoms. The fourth-order valence-corrected chi connectivity index (χ4v) is 4.80. The molecule has 2 aliphatic rings. The maximum atomic E-state index is 12.5. The van der Waals surface area contributed by atoms with Crippen LogP contribution < -0.4 is 4.72 Å². The van der Waals surface area contributed by atoms with E-state index in [4.69, 9.17) is 4.74 Å². The van der Waals surface area contributed by atoms with Gasteiger partial charge in [-0.1, -0.05) is 13.8 Å². The molecule has 0 unspecified atom stereocenters. The topological polar surface area (TPSA) is 75.7 Å². The van der Waals surface area contributed by atoms with E-state index in [0.29, 0.717) is 19.6 Å². The first-order valence-corrected chi connectivity index (χ1v) is 11.6. The molecule has 1 amide bonds. The summed E-state index contributed by atoms with van der Waals surface area (Å²) < 4.78 is 32.3. The molecule has 0 aromatic heterocycles. The molecule has 2 rings (SSSR count). The summed E-state index contributed by atoms with van der Waals surface area (Å²) in [7, 11) is -3.31. The number of rotatable bonds is 7. The fourth-order valence-electron chi connectivity index (χ4n) is 3.97. The molecule has 2 fully saturated rings. The second-order valence-electron chi connectivity index (χ2n) is 7.76. The quantitative estimate of drug-likeness (QED) is 0.742. The number of hydrogen-bond acceptors (Lipinski definition) is 4. The highest BCUT2D eigenvalue weighted by Gasteiger charge is 2.36. The Bertz CT molecular complexity index is 529. The van der Waals surface area contributed by atoms with E-state index in [0.717, 1.165) is 38.0 Å². The summed E-state index contributed by atoms with van der Waals surface area (Å²) in [6, 6.07) is -0.464. The molecule has 0 spiro atoms. The van der Waals surface area contributed by atoms with Crippen molar-refractivity contribution in [3.63, 3.8) is 0 Å². The number of carbonyl (C=O) groups excluding carboxylic acids is 1. The number of nitrogens with zero attached hydrogens (tertiary/aromatic N) is 1. The number of hydrogen-bond donors (Lipinski definition) is 1. The molecule has 1 saturated carbocycles. The first kappa shape index (κ1) is 20.6. The summed E-state index contributed by atoms with van der Waals surface area (Å²) in [5, 5.41) is 0. The zero-order valence-electron chi connectivity index (χ0n) is 15.9. The number of ether oxygens (including phenoxy) is 1. The summed E-state index contributed by atoms with van der Waals surface area (Å²) >= 11 is 0. The summed E-state index contributed by atoms with van der Waals surface area (Å²) in [6.45, 7) is 5.37. The lowest BCUT2D eigenvalue weighted by molar-refractivity contribution is -0.138. The number of carbonyl (C=O) groups is 1. The van der Waals surface area contributed by atoms with Crippen molar-refractivity contribution in [2.24, 2.45) is 5.92 Å². The zero-order valence-corrected chi connectivity index (χ0v) is 16.7. The Morgan fingerprint density at radius 2 is 1.88 bits per heavy atom. The normalized spacial score (nSPS) is 31.1. The van der Waals surface area contributed by atoms with Gasteiger partial charge in [-0.25, -0.2) is 13.1 Å². The minimum atomic E-state index is -3.31. The van der Waals surface area contributed by atoms with Gasteiger partial charge in [-0.2, -0.15) is 0 Å². The van der Waals surface area contributed by atoms with Gasteiger partial charge < -0.3 is 9.64 Å². The predicted molar refractivity (Wildman–Crippen MR) is 98.8 cm³/mol. The van der Waals surface area contributed by atoms with Gasteiger partial charge in [0, 0.05) is 19.0 Å². The maximum Gasteiger partial charge on any atom is 0.222 e. The summed E-state index contributed by atoms with van der Waals surface area (Å²) in [5.74, 6) is 0.866. The van der Waals surface area contributed by atoms with Crippen molar-refractivity contribution >= 4 is 15.9 Å². The largest absolute Gasteiger partial charge is 0.376 e. The number of amides is 1. The second kappa shape index (κ2) is 9.33. The lowest BCUT2D eigenvalue weighted by Gasteiger charge is -2.42. The minimum absolute atomic E-state index is 0.105. The SMILES string of the molecule is CCCC(=O)N1CCC[C@H](NS(C)(=O)=O)[C@@H]1COC1CCC(C)CC1. The molecule has 1 N–H and O–H groups in total. The van der Waals surface area contributed by atoms with Gasteiger partial charge in [0.05, 0.1) is 25.0 Å². The van der Waals surface area contributed by atoms with Crippen LogP contribution in [0.4, 0.5) is 0 Å². The van der Waals surface area contributed by atoms with Gasteiger partial charge in [0.15, 0.2) is 0 Å². The predicted octanol–water partition coefficient (Wildman–Crippen LogP) is 2.29. The van der Waals surface area contributed by atoms with Crippen LogP contribution >= 0.6 is 0 Å². The Morgan fingerprint density at radius 3 is 2.48 bits per heavy atom. The molecule has 1 aliphatic carbocycles. The van der Waals surface area contributed by atoms with Crippen LogP contribution in [0.5, 0.6) is 0 Å². The van der Waals surface area contributed by atoms with E-state index in [-0.39, 0.29) is 24.1 Å². The highest BCUT2D eigenvalue weighted by molar-refractivity contribution is 7.88. The third kappa shape index (κ3) is 6.53. The molecule has 2 atom stereocenters. The van der Waals surface area contributed by atoms with E-state index in [1.807, 2.05) is 11.8 Å². The van der Waals surface area contributed by atoms with Crippen molar-refractivity contribution in [2.75, 3.05) is 19.4 Å².